The molecule has 1 unspecified atom stereocenters. The average Bonchev–Trinajstić information content (AvgIpc) is 3.08. The van der Waals surface area contributed by atoms with Gasteiger partial charge in [-0.1, -0.05) is 6.07 Å². The first-order chi connectivity index (χ1) is 13.9. The molecule has 2 heterocycles. The zero-order valence-electron chi connectivity index (χ0n) is 15.9. The summed E-state index contributed by atoms with van der Waals surface area (Å²) in [5.74, 6) is -1.32. The zero-order chi connectivity index (χ0) is 20.5. The van der Waals surface area contributed by atoms with E-state index in [4.69, 9.17) is 9.47 Å². The minimum absolute atomic E-state index is 0.00243. The maximum absolute atomic E-state index is 13.5. The van der Waals surface area contributed by atoms with Gasteiger partial charge in [-0.2, -0.15) is 0 Å². The summed E-state index contributed by atoms with van der Waals surface area (Å²) in [6.45, 7) is 1.42. The second-order valence-electron chi connectivity index (χ2n) is 7.21. The molecule has 0 N–H and O–H groups in total. The van der Waals surface area contributed by atoms with Crippen LogP contribution in [0.2, 0.25) is 0 Å². The van der Waals surface area contributed by atoms with Crippen molar-refractivity contribution in [2.24, 2.45) is 5.92 Å². The maximum atomic E-state index is 13.5. The van der Waals surface area contributed by atoms with E-state index < -0.39 is 17.6 Å². The van der Waals surface area contributed by atoms with Crippen molar-refractivity contribution in [3.05, 3.63) is 53.6 Å². The molecule has 1 saturated heterocycles. The van der Waals surface area contributed by atoms with Crippen molar-refractivity contribution in [1.82, 2.24) is 4.90 Å². The molecule has 1 fully saturated rings. The van der Waals surface area contributed by atoms with E-state index in [0.29, 0.717) is 31.3 Å². The Balaban J connectivity index is 1.43. The van der Waals surface area contributed by atoms with Crippen molar-refractivity contribution in [2.45, 2.75) is 13.0 Å². The molecule has 0 radical (unpaired) electrons. The molecule has 1 atom stereocenters. The van der Waals surface area contributed by atoms with Gasteiger partial charge in [0, 0.05) is 38.3 Å². The molecule has 2 amide bonds. The number of nitrogens with zero attached hydrogens (tertiary/aromatic N) is 2. The molecule has 4 rings (SSSR count). The van der Waals surface area contributed by atoms with E-state index in [2.05, 4.69) is 0 Å². The number of hydrogen-bond donors (Lipinski definition) is 0. The summed E-state index contributed by atoms with van der Waals surface area (Å²) in [5.41, 5.74) is 0.996. The molecular formula is C21H20F2N2O4. The third-order valence-electron chi connectivity index (χ3n) is 5.04. The van der Waals surface area contributed by atoms with Crippen LogP contribution in [0.15, 0.2) is 36.4 Å². The van der Waals surface area contributed by atoms with Crippen LogP contribution >= 0.6 is 0 Å². The third-order valence-corrected chi connectivity index (χ3v) is 5.04. The van der Waals surface area contributed by atoms with Crippen LogP contribution in [0.5, 0.6) is 11.5 Å². The van der Waals surface area contributed by atoms with Gasteiger partial charge in [-0.15, -0.1) is 0 Å². The lowest BCUT2D eigenvalue weighted by atomic mass is 10.1. The highest BCUT2D eigenvalue weighted by molar-refractivity contribution is 6.00. The summed E-state index contributed by atoms with van der Waals surface area (Å²) < 4.78 is 38.0. The maximum Gasteiger partial charge on any atom is 0.228 e. The summed E-state index contributed by atoms with van der Waals surface area (Å²) in [6, 6.07) is 8.42. The molecule has 6 nitrogen and oxygen atoms in total. The van der Waals surface area contributed by atoms with Crippen LogP contribution in [0.3, 0.4) is 0 Å². The first kappa shape index (κ1) is 19.2. The van der Waals surface area contributed by atoms with Crippen molar-refractivity contribution >= 4 is 17.5 Å². The van der Waals surface area contributed by atoms with Gasteiger partial charge in [0.05, 0.1) is 5.92 Å². The topological polar surface area (TPSA) is 59.1 Å². The lowest BCUT2D eigenvalue weighted by Crippen LogP contribution is -2.34. The molecule has 29 heavy (non-hydrogen) atoms. The number of anilines is 1. The summed E-state index contributed by atoms with van der Waals surface area (Å²) in [5, 5.41) is 0. The molecule has 152 valence electrons. The fourth-order valence-electron chi connectivity index (χ4n) is 3.67. The number of fused-ring (bicyclic) bond motifs is 1. The number of rotatable bonds is 4. The van der Waals surface area contributed by atoms with E-state index in [1.54, 1.807) is 11.9 Å². The first-order valence-corrected chi connectivity index (χ1v) is 9.30. The number of carbonyl (C=O) groups is 2. The Kier molecular flexibility index (Phi) is 5.08. The van der Waals surface area contributed by atoms with Crippen molar-refractivity contribution in [3.8, 4) is 11.5 Å². The van der Waals surface area contributed by atoms with Crippen LogP contribution in [-0.4, -0.2) is 43.5 Å². The highest BCUT2D eigenvalue weighted by Gasteiger charge is 2.36. The molecule has 2 aliphatic heterocycles. The summed E-state index contributed by atoms with van der Waals surface area (Å²) in [4.78, 5) is 28.0. The second-order valence-corrected chi connectivity index (χ2v) is 7.21. The van der Waals surface area contributed by atoms with Crippen molar-refractivity contribution in [2.75, 3.05) is 31.7 Å². The second kappa shape index (κ2) is 7.69. The summed E-state index contributed by atoms with van der Waals surface area (Å²) in [7, 11) is 1.66. The molecule has 0 saturated carbocycles. The Bertz CT molecular complexity index is 945. The molecule has 2 aromatic carbocycles. The molecule has 2 aromatic rings. The average molecular weight is 402 g/mol. The van der Waals surface area contributed by atoms with Crippen molar-refractivity contribution in [1.29, 1.82) is 0 Å². The van der Waals surface area contributed by atoms with Gasteiger partial charge in [-0.3, -0.25) is 9.59 Å². The van der Waals surface area contributed by atoms with E-state index in [0.717, 1.165) is 23.8 Å². The lowest BCUT2D eigenvalue weighted by molar-refractivity contribution is -0.135. The highest BCUT2D eigenvalue weighted by atomic mass is 19.1. The molecular weight excluding hydrogens is 382 g/mol. The van der Waals surface area contributed by atoms with Gasteiger partial charge in [0.15, 0.2) is 11.5 Å². The van der Waals surface area contributed by atoms with Gasteiger partial charge in [0.1, 0.15) is 24.8 Å². The van der Waals surface area contributed by atoms with E-state index in [9.17, 15) is 18.4 Å². The Morgan fingerprint density at radius 1 is 1.10 bits per heavy atom. The summed E-state index contributed by atoms with van der Waals surface area (Å²) in [6.07, 6.45) is 0.00243. The number of benzene rings is 2. The Hall–Kier alpha value is -3.16. The van der Waals surface area contributed by atoms with Crippen LogP contribution < -0.4 is 14.4 Å². The van der Waals surface area contributed by atoms with Crippen LogP contribution in [-0.2, 0) is 16.1 Å². The number of ether oxygens (including phenoxy) is 2. The minimum atomic E-state index is -0.765. The number of amides is 2. The summed E-state index contributed by atoms with van der Waals surface area (Å²) >= 11 is 0. The quantitative estimate of drug-likeness (QED) is 0.789. The normalized spacial score (nSPS) is 18.1. The van der Waals surface area contributed by atoms with Gasteiger partial charge in [-0.25, -0.2) is 8.78 Å². The monoisotopic (exact) mass is 402 g/mol. The van der Waals surface area contributed by atoms with Crippen molar-refractivity contribution in [3.63, 3.8) is 0 Å². The molecule has 0 aromatic heterocycles. The fourth-order valence-corrected chi connectivity index (χ4v) is 3.67. The fraction of sp³-hybridized carbons (Fsp3) is 0.333. The minimum Gasteiger partial charge on any atom is -0.486 e. The van der Waals surface area contributed by atoms with Gasteiger partial charge < -0.3 is 19.3 Å². The van der Waals surface area contributed by atoms with E-state index >= 15 is 0 Å². The van der Waals surface area contributed by atoms with E-state index in [1.807, 2.05) is 18.2 Å². The number of halogens is 2. The number of hydrogen-bond acceptors (Lipinski definition) is 4. The Morgan fingerprint density at radius 3 is 2.52 bits per heavy atom. The smallest absolute Gasteiger partial charge is 0.228 e. The largest absolute Gasteiger partial charge is 0.486 e. The standard InChI is InChI=1S/C21H20F2N2O4/c1-24(11-13-2-3-18-19(6-13)29-5-4-28-18)21(27)14-7-20(26)25(12-14)17-9-15(22)8-16(23)10-17/h2-3,6,8-10,14H,4-5,7,11-12H2,1H3. The predicted octanol–water partition coefficient (Wildman–Crippen LogP) is 2.75. The van der Waals surface area contributed by atoms with E-state index in [-0.39, 0.29) is 30.5 Å². The molecule has 8 heteroatoms. The van der Waals surface area contributed by atoms with Gasteiger partial charge in [0.2, 0.25) is 11.8 Å². The SMILES string of the molecule is CN(Cc1ccc2c(c1)OCCO2)C(=O)C1CC(=O)N(c2cc(F)cc(F)c2)C1. The molecule has 0 bridgehead atoms. The van der Waals surface area contributed by atoms with Gasteiger partial charge >= 0.3 is 0 Å². The van der Waals surface area contributed by atoms with Crippen molar-refractivity contribution < 1.29 is 27.8 Å². The highest BCUT2D eigenvalue weighted by Crippen LogP contribution is 2.32. The first-order valence-electron chi connectivity index (χ1n) is 9.30. The molecule has 0 spiro atoms. The third kappa shape index (κ3) is 4.01. The van der Waals surface area contributed by atoms with Crippen LogP contribution in [0.4, 0.5) is 14.5 Å². The van der Waals surface area contributed by atoms with Gasteiger partial charge in [-0.05, 0) is 29.8 Å². The number of carbonyl (C=O) groups excluding carboxylic acids is 2. The van der Waals surface area contributed by atoms with Gasteiger partial charge in [0.25, 0.3) is 0 Å². The Labute approximate surface area is 166 Å². The Morgan fingerprint density at radius 2 is 1.79 bits per heavy atom. The van der Waals surface area contributed by atoms with Crippen LogP contribution in [0.25, 0.3) is 0 Å². The molecule has 0 aliphatic carbocycles. The van der Waals surface area contributed by atoms with E-state index in [1.165, 1.54) is 4.90 Å². The zero-order valence-corrected chi connectivity index (χ0v) is 15.9. The van der Waals surface area contributed by atoms with Crippen LogP contribution in [0.1, 0.15) is 12.0 Å². The lowest BCUT2D eigenvalue weighted by Gasteiger charge is -2.23. The predicted molar refractivity (Wildman–Crippen MR) is 101 cm³/mol. The molecule has 2 aliphatic rings. The van der Waals surface area contributed by atoms with Crippen LogP contribution in [0, 0.1) is 17.6 Å².